The largest absolute Gasteiger partial charge is 0.355 e. The van der Waals surface area contributed by atoms with Crippen molar-refractivity contribution in [2.24, 2.45) is 5.92 Å². The molecular formula is C14H19BrN2O. The van der Waals surface area contributed by atoms with Gasteiger partial charge in [-0.2, -0.15) is 0 Å². The molecule has 1 aromatic rings. The summed E-state index contributed by atoms with van der Waals surface area (Å²) in [7, 11) is 0. The summed E-state index contributed by atoms with van der Waals surface area (Å²) in [5.41, 5.74) is 1.14. The Morgan fingerprint density at radius 2 is 2.11 bits per heavy atom. The zero-order valence-corrected chi connectivity index (χ0v) is 12.4. The minimum absolute atomic E-state index is 0.0765. The molecule has 2 rings (SSSR count). The van der Waals surface area contributed by atoms with Crippen molar-refractivity contribution in [3.8, 4) is 0 Å². The van der Waals surface area contributed by atoms with E-state index >= 15 is 0 Å². The molecule has 18 heavy (non-hydrogen) atoms. The minimum atomic E-state index is -0.0765. The van der Waals surface area contributed by atoms with Crippen molar-refractivity contribution in [3.63, 3.8) is 0 Å². The molecule has 1 saturated heterocycles. The van der Waals surface area contributed by atoms with E-state index in [1.807, 2.05) is 18.2 Å². The molecule has 2 N–H and O–H groups in total. The Morgan fingerprint density at radius 3 is 2.67 bits per heavy atom. The van der Waals surface area contributed by atoms with Gasteiger partial charge >= 0.3 is 0 Å². The van der Waals surface area contributed by atoms with E-state index in [1.165, 1.54) is 5.56 Å². The molecule has 98 valence electrons. The molecule has 1 aliphatic heterocycles. The number of hydrogen-bond donors (Lipinski definition) is 2. The zero-order chi connectivity index (χ0) is 13.2. The van der Waals surface area contributed by atoms with Gasteiger partial charge < -0.3 is 10.6 Å². The Labute approximate surface area is 116 Å². The van der Waals surface area contributed by atoms with Crippen LogP contribution >= 0.6 is 15.9 Å². The zero-order valence-electron chi connectivity index (χ0n) is 10.8. The lowest BCUT2D eigenvalue weighted by Gasteiger charge is -2.30. The molecule has 0 radical (unpaired) electrons. The lowest BCUT2D eigenvalue weighted by molar-refractivity contribution is -0.126. The number of halogens is 1. The van der Waals surface area contributed by atoms with Gasteiger partial charge in [0.05, 0.1) is 5.92 Å². The topological polar surface area (TPSA) is 41.1 Å². The average Bonchev–Trinajstić information content (AvgIpc) is 2.24. The maximum atomic E-state index is 11.8. The summed E-state index contributed by atoms with van der Waals surface area (Å²) in [4.78, 5) is 11.8. The third-order valence-corrected chi connectivity index (χ3v) is 4.15. The second-order valence-corrected chi connectivity index (χ2v) is 6.29. The summed E-state index contributed by atoms with van der Waals surface area (Å²) >= 11 is 3.57. The fourth-order valence-electron chi connectivity index (χ4n) is 2.03. The fourth-order valence-corrected chi connectivity index (χ4v) is 2.85. The van der Waals surface area contributed by atoms with Crippen molar-refractivity contribution in [1.82, 2.24) is 10.6 Å². The molecule has 0 unspecified atom stereocenters. The number of benzene rings is 1. The van der Waals surface area contributed by atoms with Gasteiger partial charge in [-0.05, 0) is 11.6 Å². The second kappa shape index (κ2) is 5.41. The Balaban J connectivity index is 1.98. The van der Waals surface area contributed by atoms with Crippen molar-refractivity contribution in [3.05, 3.63) is 34.3 Å². The van der Waals surface area contributed by atoms with Gasteiger partial charge in [0.25, 0.3) is 0 Å². The summed E-state index contributed by atoms with van der Waals surface area (Å²) in [6.45, 7) is 6.56. The van der Waals surface area contributed by atoms with E-state index in [9.17, 15) is 4.79 Å². The Bertz CT molecular complexity index is 441. The van der Waals surface area contributed by atoms with Gasteiger partial charge in [-0.3, -0.25) is 4.79 Å². The predicted octanol–water partition coefficient (Wildman–Crippen LogP) is 2.06. The smallest absolute Gasteiger partial charge is 0.225 e. The van der Waals surface area contributed by atoms with Gasteiger partial charge in [-0.25, -0.2) is 0 Å². The quantitative estimate of drug-likeness (QED) is 0.894. The highest BCUT2D eigenvalue weighted by Crippen LogP contribution is 2.29. The van der Waals surface area contributed by atoms with Crippen LogP contribution in [0.2, 0.25) is 0 Å². The molecule has 1 heterocycles. The van der Waals surface area contributed by atoms with Crippen molar-refractivity contribution in [2.75, 3.05) is 19.6 Å². The van der Waals surface area contributed by atoms with Crippen molar-refractivity contribution in [1.29, 1.82) is 0 Å². The number of nitrogens with one attached hydrogen (secondary N) is 2. The molecule has 0 aromatic heterocycles. The Kier molecular flexibility index (Phi) is 4.07. The highest BCUT2D eigenvalue weighted by molar-refractivity contribution is 9.10. The van der Waals surface area contributed by atoms with E-state index in [2.05, 4.69) is 46.5 Å². The first kappa shape index (κ1) is 13.6. The third kappa shape index (κ3) is 2.93. The summed E-state index contributed by atoms with van der Waals surface area (Å²) in [5, 5.41) is 6.16. The summed E-state index contributed by atoms with van der Waals surface area (Å²) < 4.78 is 1.09. The van der Waals surface area contributed by atoms with E-state index in [1.54, 1.807) is 0 Å². The SMILES string of the molecule is CC(C)(CNC(=O)C1CNC1)c1ccccc1Br. The van der Waals surface area contributed by atoms with Crippen molar-refractivity contribution < 1.29 is 4.79 Å². The number of amides is 1. The van der Waals surface area contributed by atoms with Crippen LogP contribution in [0.25, 0.3) is 0 Å². The maximum Gasteiger partial charge on any atom is 0.225 e. The lowest BCUT2D eigenvalue weighted by Crippen LogP contribution is -2.52. The predicted molar refractivity (Wildman–Crippen MR) is 76.5 cm³/mol. The monoisotopic (exact) mass is 310 g/mol. The van der Waals surface area contributed by atoms with E-state index in [0.29, 0.717) is 6.54 Å². The van der Waals surface area contributed by atoms with Gasteiger partial charge in [-0.15, -0.1) is 0 Å². The van der Waals surface area contributed by atoms with Crippen LogP contribution in [0.15, 0.2) is 28.7 Å². The molecular weight excluding hydrogens is 292 g/mol. The van der Waals surface area contributed by atoms with E-state index < -0.39 is 0 Å². The van der Waals surface area contributed by atoms with Gasteiger partial charge in [-0.1, -0.05) is 48.0 Å². The van der Waals surface area contributed by atoms with Gasteiger partial charge in [0.15, 0.2) is 0 Å². The van der Waals surface area contributed by atoms with Crippen LogP contribution in [0.1, 0.15) is 19.4 Å². The molecule has 0 bridgehead atoms. The van der Waals surface area contributed by atoms with Gasteiger partial charge in [0.1, 0.15) is 0 Å². The highest BCUT2D eigenvalue weighted by atomic mass is 79.9. The van der Waals surface area contributed by atoms with Crippen LogP contribution in [0.3, 0.4) is 0 Å². The Morgan fingerprint density at radius 1 is 1.44 bits per heavy atom. The number of hydrogen-bond acceptors (Lipinski definition) is 2. The standard InChI is InChI=1S/C14H19BrN2O/c1-14(2,11-5-3-4-6-12(11)15)9-17-13(18)10-7-16-8-10/h3-6,10,16H,7-9H2,1-2H3,(H,17,18). The molecule has 0 spiro atoms. The second-order valence-electron chi connectivity index (χ2n) is 5.44. The van der Waals surface area contributed by atoms with Crippen LogP contribution in [-0.2, 0) is 10.2 Å². The molecule has 1 fully saturated rings. The molecule has 4 heteroatoms. The first-order valence-corrected chi connectivity index (χ1v) is 7.03. The lowest BCUT2D eigenvalue weighted by atomic mass is 9.84. The maximum absolute atomic E-state index is 11.8. The van der Waals surface area contributed by atoms with Crippen LogP contribution in [0, 0.1) is 5.92 Å². The van der Waals surface area contributed by atoms with Crippen molar-refractivity contribution >= 4 is 21.8 Å². The molecule has 1 aliphatic rings. The van der Waals surface area contributed by atoms with E-state index in [4.69, 9.17) is 0 Å². The molecule has 3 nitrogen and oxygen atoms in total. The summed E-state index contributed by atoms with van der Waals surface area (Å²) in [6, 6.07) is 8.16. The minimum Gasteiger partial charge on any atom is -0.355 e. The van der Waals surface area contributed by atoms with E-state index in [-0.39, 0.29) is 17.2 Å². The average molecular weight is 311 g/mol. The van der Waals surface area contributed by atoms with Crippen LogP contribution in [-0.4, -0.2) is 25.5 Å². The van der Waals surface area contributed by atoms with E-state index in [0.717, 1.165) is 17.6 Å². The van der Waals surface area contributed by atoms with Crippen LogP contribution < -0.4 is 10.6 Å². The summed E-state index contributed by atoms with van der Waals surface area (Å²) in [5.74, 6) is 0.314. The van der Waals surface area contributed by atoms with Gasteiger partial charge in [0.2, 0.25) is 5.91 Å². The molecule has 1 amide bonds. The molecule has 0 atom stereocenters. The third-order valence-electron chi connectivity index (χ3n) is 3.46. The number of carbonyl (C=O) groups is 1. The highest BCUT2D eigenvalue weighted by Gasteiger charge is 2.28. The number of carbonyl (C=O) groups excluding carboxylic acids is 1. The van der Waals surface area contributed by atoms with Crippen molar-refractivity contribution in [2.45, 2.75) is 19.3 Å². The molecule has 1 aromatic carbocycles. The summed E-state index contributed by atoms with van der Waals surface area (Å²) in [6.07, 6.45) is 0. The number of rotatable bonds is 4. The molecule has 0 saturated carbocycles. The Hall–Kier alpha value is -0.870. The normalized spacial score (nSPS) is 16.2. The van der Waals surface area contributed by atoms with Gasteiger partial charge in [0, 0.05) is 29.5 Å². The van der Waals surface area contributed by atoms with Crippen LogP contribution in [0.4, 0.5) is 0 Å². The molecule has 0 aliphatic carbocycles. The first-order chi connectivity index (χ1) is 8.50. The van der Waals surface area contributed by atoms with Crippen LogP contribution in [0.5, 0.6) is 0 Å². The fraction of sp³-hybridized carbons (Fsp3) is 0.500. The first-order valence-electron chi connectivity index (χ1n) is 6.24.